The van der Waals surface area contributed by atoms with Crippen LogP contribution >= 0.6 is 0 Å². The lowest BCUT2D eigenvalue weighted by Gasteiger charge is -2.27. The number of fused-ring (bicyclic) bond motifs is 1. The Hall–Kier alpha value is -3.33. The summed E-state index contributed by atoms with van der Waals surface area (Å²) in [7, 11) is 0. The van der Waals surface area contributed by atoms with Gasteiger partial charge in [0.2, 0.25) is 0 Å². The van der Waals surface area contributed by atoms with Gasteiger partial charge >= 0.3 is 6.18 Å². The average molecular weight is 442 g/mol. The topological polar surface area (TPSA) is 94.8 Å². The van der Waals surface area contributed by atoms with Crippen LogP contribution in [0.3, 0.4) is 0 Å². The largest absolute Gasteiger partial charge is 0.434 e. The second kappa shape index (κ2) is 8.66. The van der Waals surface area contributed by atoms with Gasteiger partial charge in [-0.25, -0.2) is 4.98 Å². The molecule has 5 N–H and O–H groups in total. The van der Waals surface area contributed by atoms with E-state index in [-0.39, 0.29) is 5.56 Å². The van der Waals surface area contributed by atoms with Crippen molar-refractivity contribution in [1.29, 1.82) is 0 Å². The second-order valence-corrected chi connectivity index (χ2v) is 8.05. The van der Waals surface area contributed by atoms with E-state index < -0.39 is 17.6 Å². The molecule has 0 saturated heterocycles. The molecule has 0 fully saturated rings. The first kappa shape index (κ1) is 21.9. The maximum absolute atomic E-state index is 13.1. The molecular weight excluding hydrogens is 417 g/mol. The Morgan fingerprint density at radius 3 is 2.78 bits per heavy atom. The van der Waals surface area contributed by atoms with Gasteiger partial charge in [-0.15, -0.1) is 0 Å². The van der Waals surface area contributed by atoms with Crippen LogP contribution in [0, 0.1) is 6.92 Å². The molecule has 2 aromatic heterocycles. The Labute approximate surface area is 184 Å². The number of nitrogens with two attached hydrogens (primary N) is 2. The first-order valence-electron chi connectivity index (χ1n) is 10.4. The first-order valence-corrected chi connectivity index (χ1v) is 10.4. The number of rotatable bonds is 5. The summed E-state index contributed by atoms with van der Waals surface area (Å²) in [5, 5.41) is 0. The highest BCUT2D eigenvalue weighted by molar-refractivity contribution is 5.69. The fraction of sp³-hybridized carbons (Fsp3) is 0.304. The number of imidazole rings is 1. The maximum atomic E-state index is 13.1. The van der Waals surface area contributed by atoms with Gasteiger partial charge in [0.15, 0.2) is 5.70 Å². The van der Waals surface area contributed by atoms with E-state index in [9.17, 15) is 13.2 Å². The minimum absolute atomic E-state index is 0.159. The lowest BCUT2D eigenvalue weighted by Crippen LogP contribution is -2.34. The highest BCUT2D eigenvalue weighted by Gasteiger charge is 2.36. The third-order valence-corrected chi connectivity index (χ3v) is 5.96. The van der Waals surface area contributed by atoms with E-state index in [1.54, 1.807) is 11.8 Å². The number of nitrogens with zero attached hydrogens (tertiary/aromatic N) is 3. The molecule has 9 heteroatoms. The van der Waals surface area contributed by atoms with Crippen molar-refractivity contribution in [2.24, 2.45) is 11.6 Å². The summed E-state index contributed by atoms with van der Waals surface area (Å²) in [6.07, 6.45) is 3.66. The van der Waals surface area contributed by atoms with Crippen molar-refractivity contribution in [2.75, 3.05) is 0 Å². The van der Waals surface area contributed by atoms with Crippen LogP contribution in [0.2, 0.25) is 0 Å². The standard InChI is InChI=1S/C23H25F3N6/c1-14-4-2-7-18-16(5-3-6-17(14)18)11-32-12-20(30-13-32)19-10-15(8-9-29-19)21(27)22(31-28)23(24,25)26/h2,4,7-10,12-13,16,31H,3,5-6,11,27-28H2,1H3/b22-21-. The van der Waals surface area contributed by atoms with Gasteiger partial charge in [-0.05, 0) is 55.0 Å². The Morgan fingerprint density at radius 1 is 1.22 bits per heavy atom. The molecular formula is C23H25F3N6. The summed E-state index contributed by atoms with van der Waals surface area (Å²) in [6, 6.07) is 9.34. The Balaban J connectivity index is 1.59. The van der Waals surface area contributed by atoms with E-state index >= 15 is 0 Å². The number of aromatic nitrogens is 3. The van der Waals surface area contributed by atoms with Crippen LogP contribution in [0.4, 0.5) is 13.2 Å². The Bertz CT molecular complexity index is 1150. The maximum Gasteiger partial charge on any atom is 0.434 e. The number of benzene rings is 1. The molecule has 3 aromatic rings. The molecule has 0 saturated carbocycles. The summed E-state index contributed by atoms with van der Waals surface area (Å²) in [6.45, 7) is 2.93. The van der Waals surface area contributed by atoms with E-state index in [2.05, 4.69) is 35.1 Å². The van der Waals surface area contributed by atoms with E-state index in [4.69, 9.17) is 11.6 Å². The number of pyridine rings is 1. The van der Waals surface area contributed by atoms with Crippen molar-refractivity contribution < 1.29 is 13.2 Å². The molecule has 2 heterocycles. The zero-order valence-electron chi connectivity index (χ0n) is 17.7. The van der Waals surface area contributed by atoms with Gasteiger partial charge in [0, 0.05) is 30.4 Å². The van der Waals surface area contributed by atoms with Crippen molar-refractivity contribution in [2.45, 2.75) is 44.8 Å². The van der Waals surface area contributed by atoms with E-state index in [0.29, 0.717) is 17.3 Å². The van der Waals surface area contributed by atoms with Gasteiger partial charge in [-0.1, -0.05) is 18.2 Å². The van der Waals surface area contributed by atoms with Gasteiger partial charge in [0.25, 0.3) is 0 Å². The summed E-state index contributed by atoms with van der Waals surface area (Å²) < 4.78 is 41.4. The van der Waals surface area contributed by atoms with Gasteiger partial charge in [-0.2, -0.15) is 13.2 Å². The summed E-state index contributed by atoms with van der Waals surface area (Å²) >= 11 is 0. The Morgan fingerprint density at radius 2 is 2.03 bits per heavy atom. The van der Waals surface area contributed by atoms with Crippen LogP contribution in [0.5, 0.6) is 0 Å². The predicted octanol–water partition coefficient (Wildman–Crippen LogP) is 4.03. The predicted molar refractivity (Wildman–Crippen MR) is 117 cm³/mol. The van der Waals surface area contributed by atoms with Crippen molar-refractivity contribution in [3.05, 3.63) is 77.0 Å². The van der Waals surface area contributed by atoms with E-state index in [0.717, 1.165) is 25.8 Å². The van der Waals surface area contributed by atoms with Crippen LogP contribution in [0.25, 0.3) is 17.1 Å². The monoisotopic (exact) mass is 442 g/mol. The third kappa shape index (κ3) is 4.34. The van der Waals surface area contributed by atoms with Crippen LogP contribution in [0.15, 0.2) is 54.7 Å². The SMILES string of the molecule is Cc1cccc2c1CCCC2Cn1cnc(-c2cc(/C(N)=C(/NN)C(F)(F)F)ccn2)c1. The number of hydrazine groups is 1. The van der Waals surface area contributed by atoms with E-state index in [1.807, 2.05) is 10.8 Å². The zero-order chi connectivity index (χ0) is 22.9. The molecule has 1 aliphatic rings. The van der Waals surface area contributed by atoms with Crippen molar-refractivity contribution in [3.63, 3.8) is 0 Å². The average Bonchev–Trinajstić information content (AvgIpc) is 3.23. The normalized spacial score (nSPS) is 17.0. The smallest absolute Gasteiger partial charge is 0.397 e. The molecule has 1 aliphatic carbocycles. The number of hydrogen-bond acceptors (Lipinski definition) is 5. The molecule has 6 nitrogen and oxygen atoms in total. The van der Waals surface area contributed by atoms with Crippen LogP contribution in [-0.4, -0.2) is 20.7 Å². The minimum Gasteiger partial charge on any atom is -0.397 e. The molecule has 4 rings (SSSR count). The van der Waals surface area contributed by atoms with Gasteiger partial charge in [0.05, 0.1) is 17.7 Å². The number of allylic oxidation sites excluding steroid dienone is 1. The number of nitrogens with one attached hydrogen (secondary N) is 1. The molecule has 0 bridgehead atoms. The number of alkyl halides is 3. The van der Waals surface area contributed by atoms with Gasteiger partial charge < -0.3 is 15.7 Å². The summed E-state index contributed by atoms with van der Waals surface area (Å²) in [5.41, 5.74) is 11.0. The summed E-state index contributed by atoms with van der Waals surface area (Å²) in [4.78, 5) is 8.68. The third-order valence-electron chi connectivity index (χ3n) is 5.96. The van der Waals surface area contributed by atoms with E-state index in [1.165, 1.54) is 35.0 Å². The van der Waals surface area contributed by atoms with Crippen LogP contribution < -0.4 is 17.0 Å². The minimum atomic E-state index is -4.70. The molecule has 0 spiro atoms. The quantitative estimate of drug-likeness (QED) is 0.410. The Kier molecular flexibility index (Phi) is 5.92. The first-order chi connectivity index (χ1) is 15.3. The molecule has 1 unspecified atom stereocenters. The molecule has 168 valence electrons. The highest BCUT2D eigenvalue weighted by atomic mass is 19.4. The van der Waals surface area contributed by atoms with Crippen molar-refractivity contribution >= 4 is 5.70 Å². The molecule has 32 heavy (non-hydrogen) atoms. The molecule has 1 aromatic carbocycles. The molecule has 0 amide bonds. The number of halogens is 3. The second-order valence-electron chi connectivity index (χ2n) is 8.05. The number of aryl methyl sites for hydroxylation is 1. The molecule has 0 radical (unpaired) electrons. The lowest BCUT2D eigenvalue weighted by atomic mass is 9.81. The van der Waals surface area contributed by atoms with Gasteiger partial charge in [0.1, 0.15) is 5.69 Å². The van der Waals surface area contributed by atoms with Crippen LogP contribution in [-0.2, 0) is 13.0 Å². The highest BCUT2D eigenvalue weighted by Crippen LogP contribution is 2.35. The van der Waals surface area contributed by atoms with Gasteiger partial charge in [-0.3, -0.25) is 10.8 Å². The summed E-state index contributed by atoms with van der Waals surface area (Å²) in [5.74, 6) is 5.43. The van der Waals surface area contributed by atoms with Crippen LogP contribution in [0.1, 0.15) is 41.0 Å². The fourth-order valence-electron chi connectivity index (χ4n) is 4.36. The lowest BCUT2D eigenvalue weighted by molar-refractivity contribution is -0.0961. The van der Waals surface area contributed by atoms with Crippen molar-refractivity contribution in [3.8, 4) is 11.4 Å². The number of hydrogen-bond donors (Lipinski definition) is 3. The molecule has 0 aliphatic heterocycles. The molecule has 1 atom stereocenters. The van der Waals surface area contributed by atoms with Crippen molar-refractivity contribution in [1.82, 2.24) is 20.0 Å². The fourth-order valence-corrected chi connectivity index (χ4v) is 4.36. The zero-order valence-corrected chi connectivity index (χ0v) is 17.7.